The fraction of sp³-hybridized carbons (Fsp3) is 0.231. The minimum absolute atomic E-state index is 0.0513. The molecule has 0 aromatic heterocycles. The van der Waals surface area contributed by atoms with Crippen molar-refractivity contribution in [1.29, 1.82) is 0 Å². The van der Waals surface area contributed by atoms with Crippen LogP contribution in [-0.4, -0.2) is 46.3 Å². The van der Waals surface area contributed by atoms with Crippen LogP contribution in [0.2, 0.25) is 5.02 Å². The van der Waals surface area contributed by atoms with Crippen molar-refractivity contribution in [1.82, 2.24) is 5.32 Å². The Labute approximate surface area is 223 Å². The van der Waals surface area contributed by atoms with Crippen molar-refractivity contribution in [3.8, 4) is 16.9 Å². The molecule has 1 heterocycles. The van der Waals surface area contributed by atoms with E-state index in [1.165, 1.54) is 30.2 Å². The number of rotatable bonds is 7. The van der Waals surface area contributed by atoms with Gasteiger partial charge in [-0.25, -0.2) is 22.0 Å². The van der Waals surface area contributed by atoms with Crippen molar-refractivity contribution >= 4 is 44.8 Å². The zero-order valence-electron chi connectivity index (χ0n) is 20.4. The highest BCUT2D eigenvalue weighted by atomic mass is 35.5. The van der Waals surface area contributed by atoms with Crippen LogP contribution in [-0.2, 0) is 20.4 Å². The van der Waals surface area contributed by atoms with Crippen LogP contribution >= 0.6 is 11.6 Å². The van der Waals surface area contributed by atoms with Gasteiger partial charge in [0, 0.05) is 23.4 Å². The van der Waals surface area contributed by atoms with Gasteiger partial charge in [0.05, 0.1) is 24.2 Å². The van der Waals surface area contributed by atoms with E-state index in [-0.39, 0.29) is 40.9 Å². The van der Waals surface area contributed by atoms with E-state index in [2.05, 4.69) is 10.6 Å². The third-order valence-corrected chi connectivity index (χ3v) is 7.06. The highest BCUT2D eigenvalue weighted by Gasteiger charge is 2.36. The number of amides is 3. The molecule has 1 aliphatic rings. The molecular weight excluding hydrogens is 540 g/mol. The normalized spacial score (nSPS) is 15.4. The highest BCUT2D eigenvalue weighted by molar-refractivity contribution is 7.89. The summed E-state index contributed by atoms with van der Waals surface area (Å²) >= 11 is 5.71. The summed E-state index contributed by atoms with van der Waals surface area (Å²) in [5.74, 6) is -2.48. The number of anilines is 2. The first-order chi connectivity index (χ1) is 18.0. The summed E-state index contributed by atoms with van der Waals surface area (Å²) in [6.07, 6.45) is 1.30. The Morgan fingerprint density at radius 3 is 2.55 bits per heavy atom. The van der Waals surface area contributed by atoms with E-state index in [1.54, 1.807) is 30.3 Å². The molecule has 2 N–H and O–H groups in total. The fourth-order valence-corrected chi connectivity index (χ4v) is 5.29. The van der Waals surface area contributed by atoms with Crippen molar-refractivity contribution in [2.75, 3.05) is 30.1 Å². The predicted octanol–water partition coefficient (Wildman–Crippen LogP) is 4.77. The van der Waals surface area contributed by atoms with Gasteiger partial charge in [-0.05, 0) is 47.9 Å². The van der Waals surface area contributed by atoms with Crippen molar-refractivity contribution in [3.63, 3.8) is 0 Å². The molecule has 0 unspecified atom stereocenters. The van der Waals surface area contributed by atoms with Gasteiger partial charge < -0.3 is 20.3 Å². The second-order valence-electron chi connectivity index (χ2n) is 8.76. The number of sulfone groups is 1. The Morgan fingerprint density at radius 1 is 1.13 bits per heavy atom. The number of hydrogen-bond acceptors (Lipinski definition) is 5. The molecule has 1 aliphatic heterocycles. The van der Waals surface area contributed by atoms with Crippen molar-refractivity contribution in [2.45, 2.75) is 18.2 Å². The number of halogens is 3. The monoisotopic (exact) mass is 563 g/mol. The van der Waals surface area contributed by atoms with Crippen LogP contribution in [0.1, 0.15) is 12.0 Å². The average Bonchev–Trinajstić information content (AvgIpc) is 3.19. The van der Waals surface area contributed by atoms with Gasteiger partial charge in [0.25, 0.3) is 0 Å². The molecule has 0 bridgehead atoms. The van der Waals surface area contributed by atoms with Gasteiger partial charge in [-0.3, -0.25) is 4.79 Å². The smallest absolute Gasteiger partial charge is 0.319 e. The molecule has 12 heteroatoms. The first-order valence-electron chi connectivity index (χ1n) is 11.4. The summed E-state index contributed by atoms with van der Waals surface area (Å²) in [5.41, 5.74) is 1.13. The minimum Gasteiger partial charge on any atom is -0.493 e. The Hall–Kier alpha value is -3.70. The van der Waals surface area contributed by atoms with Gasteiger partial charge >= 0.3 is 6.03 Å². The molecule has 38 heavy (non-hydrogen) atoms. The lowest BCUT2D eigenvalue weighted by atomic mass is 9.99. The third kappa shape index (κ3) is 5.89. The summed E-state index contributed by atoms with van der Waals surface area (Å²) < 4.78 is 58.8. The highest BCUT2D eigenvalue weighted by Crippen LogP contribution is 2.40. The molecule has 1 atom stereocenters. The Morgan fingerprint density at radius 2 is 1.87 bits per heavy atom. The molecule has 3 amide bonds. The number of nitrogens with zero attached hydrogens (tertiary/aromatic N) is 1. The molecule has 8 nitrogen and oxygen atoms in total. The lowest BCUT2D eigenvalue weighted by Gasteiger charge is -2.21. The molecule has 1 saturated heterocycles. The van der Waals surface area contributed by atoms with Crippen molar-refractivity contribution < 1.29 is 31.5 Å². The molecule has 0 aliphatic carbocycles. The number of hydrogen-bond donors (Lipinski definition) is 2. The summed E-state index contributed by atoms with van der Waals surface area (Å²) in [6, 6.07) is 11.6. The molecule has 0 spiro atoms. The van der Waals surface area contributed by atoms with Crippen LogP contribution in [0.3, 0.4) is 0 Å². The van der Waals surface area contributed by atoms with Gasteiger partial charge in [-0.1, -0.05) is 35.9 Å². The zero-order valence-corrected chi connectivity index (χ0v) is 22.0. The Bertz CT molecular complexity index is 1520. The summed E-state index contributed by atoms with van der Waals surface area (Å²) in [4.78, 5) is 26.6. The lowest BCUT2D eigenvalue weighted by Crippen LogP contribution is -2.43. The van der Waals surface area contributed by atoms with Gasteiger partial charge in [0.15, 0.2) is 21.4 Å². The quantitative estimate of drug-likeness (QED) is 0.431. The van der Waals surface area contributed by atoms with Gasteiger partial charge in [-0.15, -0.1) is 0 Å². The predicted molar refractivity (Wildman–Crippen MR) is 141 cm³/mol. The SMILES string of the molecule is COc1c(-c2ccccc2CS(C)(=O)=O)ccc(N2CC[C@@H](NC(=O)Nc3ccc(Cl)cc3F)C2=O)c1F. The number of nitrogens with one attached hydrogen (secondary N) is 2. The van der Waals surface area contributed by atoms with E-state index in [4.69, 9.17) is 16.3 Å². The molecule has 3 aromatic carbocycles. The minimum atomic E-state index is -3.36. The molecule has 0 saturated carbocycles. The maximum Gasteiger partial charge on any atom is 0.319 e. The number of methoxy groups -OCH3 is 1. The number of carbonyl (C=O) groups is 2. The zero-order chi connectivity index (χ0) is 27.6. The summed E-state index contributed by atoms with van der Waals surface area (Å²) in [6.45, 7) is 0.114. The van der Waals surface area contributed by atoms with Crippen LogP contribution < -0.4 is 20.3 Å². The summed E-state index contributed by atoms with van der Waals surface area (Å²) in [7, 11) is -2.08. The van der Waals surface area contributed by atoms with Crippen molar-refractivity contribution in [2.24, 2.45) is 0 Å². The number of ether oxygens (including phenoxy) is 1. The third-order valence-electron chi connectivity index (χ3n) is 5.99. The van der Waals surface area contributed by atoms with E-state index in [1.807, 2.05) is 0 Å². The Kier molecular flexibility index (Phi) is 7.89. The maximum atomic E-state index is 15.7. The number of urea groups is 1. The Balaban J connectivity index is 1.56. The molecule has 0 radical (unpaired) electrons. The topological polar surface area (TPSA) is 105 Å². The largest absolute Gasteiger partial charge is 0.493 e. The van der Waals surface area contributed by atoms with Crippen LogP contribution in [0, 0.1) is 11.6 Å². The average molecular weight is 564 g/mol. The molecular formula is C26H24ClF2N3O5S. The number of benzene rings is 3. The van der Waals surface area contributed by atoms with Crippen LogP contribution in [0.5, 0.6) is 5.75 Å². The van der Waals surface area contributed by atoms with E-state index in [0.29, 0.717) is 16.7 Å². The standard InChI is InChI=1S/C26H24ClF2N3O5S/c1-37-24-18(17-6-4-3-5-15(17)14-38(2,35)36)8-10-22(23(24)29)32-12-11-21(25(32)33)31-26(34)30-20-9-7-16(27)13-19(20)28/h3-10,13,21H,11-12,14H2,1-2H3,(H2,30,31,34)/t21-/m1/s1. The van der Waals surface area contributed by atoms with Gasteiger partial charge in [0.2, 0.25) is 5.91 Å². The van der Waals surface area contributed by atoms with Crippen LogP contribution in [0.25, 0.3) is 11.1 Å². The number of carbonyl (C=O) groups excluding carboxylic acids is 2. The van der Waals surface area contributed by atoms with E-state index in [0.717, 1.165) is 12.3 Å². The molecule has 3 aromatic rings. The van der Waals surface area contributed by atoms with Crippen molar-refractivity contribution in [3.05, 3.63) is 76.8 Å². The molecule has 1 fully saturated rings. The van der Waals surface area contributed by atoms with E-state index < -0.39 is 39.5 Å². The summed E-state index contributed by atoms with van der Waals surface area (Å²) in [5, 5.41) is 4.97. The lowest BCUT2D eigenvalue weighted by molar-refractivity contribution is -0.118. The van der Waals surface area contributed by atoms with Gasteiger partial charge in [0.1, 0.15) is 11.9 Å². The van der Waals surface area contributed by atoms with Gasteiger partial charge in [-0.2, -0.15) is 0 Å². The first-order valence-corrected chi connectivity index (χ1v) is 13.9. The maximum absolute atomic E-state index is 15.7. The van der Waals surface area contributed by atoms with Crippen LogP contribution in [0.15, 0.2) is 54.6 Å². The van der Waals surface area contributed by atoms with E-state index >= 15 is 4.39 Å². The second kappa shape index (κ2) is 11.0. The fourth-order valence-electron chi connectivity index (χ4n) is 4.32. The first kappa shape index (κ1) is 27.3. The van der Waals surface area contributed by atoms with Crippen LogP contribution in [0.4, 0.5) is 25.0 Å². The molecule has 200 valence electrons. The second-order valence-corrected chi connectivity index (χ2v) is 11.3. The molecule has 4 rings (SSSR count). The van der Waals surface area contributed by atoms with E-state index in [9.17, 15) is 22.4 Å².